The maximum Gasteiger partial charge on any atom is 0.242 e. The second kappa shape index (κ2) is 7.64. The Balaban J connectivity index is 1.54. The minimum Gasteiger partial charge on any atom is -0.348 e. The number of hydrogen-bond acceptors (Lipinski definition) is 3. The van der Waals surface area contributed by atoms with E-state index in [1.165, 1.54) is 5.39 Å². The van der Waals surface area contributed by atoms with Crippen LogP contribution in [0.1, 0.15) is 24.4 Å². The molecule has 0 radical (unpaired) electrons. The first-order valence-corrected chi connectivity index (χ1v) is 9.36. The van der Waals surface area contributed by atoms with Crippen molar-refractivity contribution in [1.29, 1.82) is 0 Å². The molecule has 1 amide bonds. The number of fused-ring (bicyclic) bond motifs is 1. The Kier molecular flexibility index (Phi) is 4.89. The molecule has 0 aliphatic heterocycles. The SMILES string of the molecule is Cc1nc(-c2ccccc2)n(CC(=O)NC(C)c2cccc3ccccc23)n1. The lowest BCUT2D eigenvalue weighted by Crippen LogP contribution is -2.30. The summed E-state index contributed by atoms with van der Waals surface area (Å²) in [5.74, 6) is 1.25. The minimum absolute atomic E-state index is 0.0949. The third-order valence-electron chi connectivity index (χ3n) is 4.77. The summed E-state index contributed by atoms with van der Waals surface area (Å²) < 4.78 is 1.66. The predicted molar refractivity (Wildman–Crippen MR) is 111 cm³/mol. The number of nitrogens with zero attached hydrogens (tertiary/aromatic N) is 3. The van der Waals surface area contributed by atoms with Gasteiger partial charge in [-0.25, -0.2) is 9.67 Å². The molecule has 0 bridgehead atoms. The van der Waals surface area contributed by atoms with Crippen LogP contribution in [0.15, 0.2) is 72.8 Å². The van der Waals surface area contributed by atoms with Crippen molar-refractivity contribution >= 4 is 16.7 Å². The number of aryl methyl sites for hydroxylation is 1. The minimum atomic E-state index is -0.108. The summed E-state index contributed by atoms with van der Waals surface area (Å²) in [4.78, 5) is 17.2. The standard InChI is InChI=1S/C23H22N4O/c1-16(20-14-8-12-18-9-6-7-13-21(18)20)24-22(28)15-27-23(25-17(2)26-27)19-10-4-3-5-11-19/h3-14,16H,15H2,1-2H3,(H,24,28). The van der Waals surface area contributed by atoms with Crippen LogP contribution in [0.4, 0.5) is 0 Å². The highest BCUT2D eigenvalue weighted by molar-refractivity contribution is 5.87. The zero-order valence-electron chi connectivity index (χ0n) is 16.0. The lowest BCUT2D eigenvalue weighted by molar-refractivity contribution is -0.122. The van der Waals surface area contributed by atoms with Gasteiger partial charge in [-0.15, -0.1) is 0 Å². The van der Waals surface area contributed by atoms with Gasteiger partial charge >= 0.3 is 0 Å². The largest absolute Gasteiger partial charge is 0.348 e. The van der Waals surface area contributed by atoms with E-state index in [4.69, 9.17) is 0 Å². The first kappa shape index (κ1) is 17.9. The van der Waals surface area contributed by atoms with Crippen molar-refractivity contribution < 1.29 is 4.79 Å². The first-order valence-electron chi connectivity index (χ1n) is 9.36. The van der Waals surface area contributed by atoms with Gasteiger partial charge in [-0.05, 0) is 30.2 Å². The van der Waals surface area contributed by atoms with Crippen molar-refractivity contribution in [2.45, 2.75) is 26.4 Å². The Morgan fingerprint density at radius 1 is 1.00 bits per heavy atom. The molecule has 0 saturated carbocycles. The second-order valence-electron chi connectivity index (χ2n) is 6.86. The summed E-state index contributed by atoms with van der Waals surface area (Å²) in [7, 11) is 0. The monoisotopic (exact) mass is 370 g/mol. The van der Waals surface area contributed by atoms with Gasteiger partial charge in [0.2, 0.25) is 5.91 Å². The predicted octanol–water partition coefficient (Wildman–Crippen LogP) is 4.28. The molecular weight excluding hydrogens is 348 g/mol. The van der Waals surface area contributed by atoms with Crippen molar-refractivity contribution in [3.05, 3.63) is 84.2 Å². The Morgan fingerprint density at radius 2 is 1.71 bits per heavy atom. The van der Waals surface area contributed by atoms with Gasteiger partial charge in [-0.2, -0.15) is 5.10 Å². The zero-order chi connectivity index (χ0) is 19.5. The number of amides is 1. The fourth-order valence-electron chi connectivity index (χ4n) is 3.50. The van der Waals surface area contributed by atoms with Crippen molar-refractivity contribution in [3.63, 3.8) is 0 Å². The van der Waals surface area contributed by atoms with Crippen LogP contribution < -0.4 is 5.32 Å². The van der Waals surface area contributed by atoms with E-state index in [-0.39, 0.29) is 18.5 Å². The van der Waals surface area contributed by atoms with E-state index >= 15 is 0 Å². The smallest absolute Gasteiger partial charge is 0.242 e. The maximum atomic E-state index is 12.7. The van der Waals surface area contributed by atoms with Crippen LogP contribution in [0.25, 0.3) is 22.2 Å². The molecule has 1 N–H and O–H groups in total. The van der Waals surface area contributed by atoms with Crippen LogP contribution >= 0.6 is 0 Å². The molecule has 3 aromatic carbocycles. The highest BCUT2D eigenvalue weighted by Crippen LogP contribution is 2.24. The molecular formula is C23H22N4O. The molecule has 5 heteroatoms. The number of carbonyl (C=O) groups excluding carboxylic acids is 1. The summed E-state index contributed by atoms with van der Waals surface area (Å²) in [5, 5.41) is 9.82. The van der Waals surface area contributed by atoms with E-state index in [0.29, 0.717) is 11.6 Å². The summed E-state index contributed by atoms with van der Waals surface area (Å²) in [6, 6.07) is 24.1. The van der Waals surface area contributed by atoms with Crippen LogP contribution in [0.3, 0.4) is 0 Å². The van der Waals surface area contributed by atoms with Gasteiger partial charge < -0.3 is 5.32 Å². The van der Waals surface area contributed by atoms with Gasteiger partial charge in [0.15, 0.2) is 5.82 Å². The molecule has 5 nitrogen and oxygen atoms in total. The molecule has 4 aromatic rings. The Hall–Kier alpha value is -3.47. The second-order valence-corrected chi connectivity index (χ2v) is 6.86. The molecule has 1 aromatic heterocycles. The third-order valence-corrected chi connectivity index (χ3v) is 4.77. The lowest BCUT2D eigenvalue weighted by Gasteiger charge is -2.17. The third kappa shape index (κ3) is 3.64. The van der Waals surface area contributed by atoms with Gasteiger partial charge in [0.1, 0.15) is 12.4 Å². The van der Waals surface area contributed by atoms with E-state index in [1.54, 1.807) is 4.68 Å². The normalized spacial score (nSPS) is 12.1. The highest BCUT2D eigenvalue weighted by atomic mass is 16.2. The topological polar surface area (TPSA) is 59.8 Å². The fourth-order valence-corrected chi connectivity index (χ4v) is 3.50. The van der Waals surface area contributed by atoms with Gasteiger partial charge in [-0.3, -0.25) is 4.79 Å². The summed E-state index contributed by atoms with van der Waals surface area (Å²) in [5.41, 5.74) is 2.04. The van der Waals surface area contributed by atoms with E-state index in [0.717, 1.165) is 16.5 Å². The average molecular weight is 370 g/mol. The number of carbonyl (C=O) groups is 1. The average Bonchev–Trinajstić information content (AvgIpc) is 3.08. The highest BCUT2D eigenvalue weighted by Gasteiger charge is 2.16. The van der Waals surface area contributed by atoms with Crippen molar-refractivity contribution in [2.24, 2.45) is 0 Å². The number of nitrogens with one attached hydrogen (secondary N) is 1. The number of hydrogen-bond donors (Lipinski definition) is 1. The molecule has 4 rings (SSSR count). The van der Waals surface area contributed by atoms with Crippen LogP contribution in [0.2, 0.25) is 0 Å². The quantitative estimate of drug-likeness (QED) is 0.570. The van der Waals surface area contributed by atoms with Gasteiger partial charge in [-0.1, -0.05) is 72.8 Å². The molecule has 1 atom stereocenters. The van der Waals surface area contributed by atoms with Gasteiger partial charge in [0.25, 0.3) is 0 Å². The van der Waals surface area contributed by atoms with Crippen LogP contribution in [-0.2, 0) is 11.3 Å². The molecule has 28 heavy (non-hydrogen) atoms. The van der Waals surface area contributed by atoms with Crippen molar-refractivity contribution in [1.82, 2.24) is 20.1 Å². The summed E-state index contributed by atoms with van der Waals surface area (Å²) >= 11 is 0. The van der Waals surface area contributed by atoms with E-state index in [1.807, 2.05) is 62.4 Å². The van der Waals surface area contributed by atoms with Crippen molar-refractivity contribution in [2.75, 3.05) is 0 Å². The molecule has 0 aliphatic rings. The Labute approximate surface area is 164 Å². The van der Waals surface area contributed by atoms with Crippen LogP contribution in [-0.4, -0.2) is 20.7 Å². The molecule has 0 spiro atoms. The number of benzene rings is 3. The van der Waals surface area contributed by atoms with E-state index in [2.05, 4.69) is 39.7 Å². The van der Waals surface area contributed by atoms with Gasteiger partial charge in [0.05, 0.1) is 6.04 Å². The molecule has 1 unspecified atom stereocenters. The molecule has 140 valence electrons. The van der Waals surface area contributed by atoms with E-state index in [9.17, 15) is 4.79 Å². The molecule has 0 aliphatic carbocycles. The summed E-state index contributed by atoms with van der Waals surface area (Å²) in [6.45, 7) is 3.96. The maximum absolute atomic E-state index is 12.7. The first-order chi connectivity index (χ1) is 13.6. The molecule has 0 fully saturated rings. The number of rotatable bonds is 5. The molecule has 0 saturated heterocycles. The van der Waals surface area contributed by atoms with E-state index < -0.39 is 0 Å². The fraction of sp³-hybridized carbons (Fsp3) is 0.174. The number of aromatic nitrogens is 3. The lowest BCUT2D eigenvalue weighted by atomic mass is 10.00. The zero-order valence-corrected chi connectivity index (χ0v) is 16.0. The Morgan fingerprint density at radius 3 is 2.54 bits per heavy atom. The van der Waals surface area contributed by atoms with Crippen LogP contribution in [0.5, 0.6) is 0 Å². The van der Waals surface area contributed by atoms with Crippen LogP contribution in [0, 0.1) is 6.92 Å². The Bertz CT molecular complexity index is 1110. The summed E-state index contributed by atoms with van der Waals surface area (Å²) in [6.07, 6.45) is 0. The van der Waals surface area contributed by atoms with Gasteiger partial charge in [0, 0.05) is 5.56 Å². The van der Waals surface area contributed by atoms with Crippen molar-refractivity contribution in [3.8, 4) is 11.4 Å². The molecule has 1 heterocycles.